The Labute approximate surface area is 63.2 Å². The van der Waals surface area contributed by atoms with E-state index < -0.39 is 0 Å². The highest BCUT2D eigenvalue weighted by Gasteiger charge is 1.94. The van der Waals surface area contributed by atoms with E-state index in [4.69, 9.17) is 11.6 Å². The van der Waals surface area contributed by atoms with Crippen LogP contribution in [0.1, 0.15) is 5.56 Å². The van der Waals surface area contributed by atoms with Gasteiger partial charge in [-0.2, -0.15) is 0 Å². The van der Waals surface area contributed by atoms with Gasteiger partial charge in [-0.1, -0.05) is 11.6 Å². The Morgan fingerprint density at radius 1 is 1.78 bits per heavy atom. The smallest absolute Gasteiger partial charge is 0.0931 e. The number of rotatable bonds is 2. The Bertz CT molecular complexity index is 185. The van der Waals surface area contributed by atoms with Crippen molar-refractivity contribution >= 4 is 22.9 Å². The lowest BCUT2D eigenvalue weighted by molar-refractivity contribution is 0.229. The second-order valence-corrected chi connectivity index (χ2v) is 3.15. The molecule has 1 aromatic heterocycles. The summed E-state index contributed by atoms with van der Waals surface area (Å²) in [6, 6.07) is 1.87. The van der Waals surface area contributed by atoms with Crippen LogP contribution in [-0.2, 0) is 11.3 Å². The number of hydrogen-bond acceptors (Lipinski definition) is 2. The fourth-order valence-electron chi connectivity index (χ4n) is 0.539. The lowest BCUT2D eigenvalue weighted by atomic mass is 10.4. The van der Waals surface area contributed by atoms with Crippen LogP contribution in [0.3, 0.4) is 0 Å². The molecule has 0 amide bonds. The molecule has 0 aliphatic carbocycles. The van der Waals surface area contributed by atoms with Gasteiger partial charge in [0.1, 0.15) is 0 Å². The van der Waals surface area contributed by atoms with Crippen LogP contribution in [0.5, 0.6) is 0 Å². The third-order valence-corrected chi connectivity index (χ3v) is 2.03. The molecule has 1 radical (unpaired) electrons. The highest BCUT2D eigenvalue weighted by Crippen LogP contribution is 2.19. The highest BCUT2D eigenvalue weighted by molar-refractivity contribution is 7.14. The molecule has 0 aromatic carbocycles. The Balaban J connectivity index is 2.61. The average molecular weight is 162 g/mol. The summed E-state index contributed by atoms with van der Waals surface area (Å²) in [6.45, 7) is 0.545. The summed E-state index contributed by atoms with van der Waals surface area (Å²) in [7, 11) is 3.25. The van der Waals surface area contributed by atoms with E-state index in [2.05, 4.69) is 11.8 Å². The molecule has 0 unspecified atom stereocenters. The molecule has 0 N–H and O–H groups in total. The molecule has 0 saturated carbocycles. The maximum Gasteiger partial charge on any atom is 0.0931 e. The van der Waals surface area contributed by atoms with Crippen LogP contribution in [0, 0.1) is 7.11 Å². The summed E-state index contributed by atoms with van der Waals surface area (Å²) in [4.78, 5) is 0. The van der Waals surface area contributed by atoms with E-state index in [0.29, 0.717) is 6.61 Å². The first-order valence-electron chi connectivity index (χ1n) is 2.43. The van der Waals surface area contributed by atoms with Crippen LogP contribution >= 0.6 is 22.9 Å². The van der Waals surface area contributed by atoms with Crippen molar-refractivity contribution in [2.45, 2.75) is 6.61 Å². The number of halogens is 1. The SMILES string of the molecule is [CH2]OCc1csc(Cl)c1. The molecular weight excluding hydrogens is 156 g/mol. The molecule has 3 heteroatoms. The van der Waals surface area contributed by atoms with Gasteiger partial charge in [-0.3, -0.25) is 0 Å². The minimum absolute atomic E-state index is 0.545. The lowest BCUT2D eigenvalue weighted by Crippen LogP contribution is -1.78. The van der Waals surface area contributed by atoms with E-state index in [1.165, 1.54) is 11.3 Å². The molecule has 1 aromatic rings. The second kappa shape index (κ2) is 3.20. The van der Waals surface area contributed by atoms with Crippen molar-refractivity contribution in [3.05, 3.63) is 28.5 Å². The van der Waals surface area contributed by atoms with Crippen molar-refractivity contribution in [1.29, 1.82) is 0 Å². The monoisotopic (exact) mass is 161 g/mol. The molecular formula is C6H6ClOS. The minimum Gasteiger partial charge on any atom is -0.374 e. The molecule has 0 spiro atoms. The first-order chi connectivity index (χ1) is 4.33. The normalized spacial score (nSPS) is 10.0. The van der Waals surface area contributed by atoms with E-state index in [9.17, 15) is 0 Å². The molecule has 0 bridgehead atoms. The Kier molecular flexibility index (Phi) is 2.51. The van der Waals surface area contributed by atoms with Crippen molar-refractivity contribution in [2.24, 2.45) is 0 Å². The molecule has 49 valence electrons. The van der Waals surface area contributed by atoms with Crippen LogP contribution in [0.15, 0.2) is 11.4 Å². The van der Waals surface area contributed by atoms with Gasteiger partial charge in [0.2, 0.25) is 0 Å². The quantitative estimate of drug-likeness (QED) is 0.648. The Hall–Kier alpha value is -0.0500. The van der Waals surface area contributed by atoms with Crippen molar-refractivity contribution in [3.63, 3.8) is 0 Å². The molecule has 0 aliphatic rings. The summed E-state index contributed by atoms with van der Waals surface area (Å²) in [6.07, 6.45) is 0. The molecule has 9 heavy (non-hydrogen) atoms. The number of thiophene rings is 1. The largest absolute Gasteiger partial charge is 0.374 e. The average Bonchev–Trinajstić information content (AvgIpc) is 2.17. The third-order valence-electron chi connectivity index (χ3n) is 0.890. The standard InChI is InChI=1S/C6H6ClOS/c1-8-3-5-2-6(7)9-4-5/h2,4H,1,3H2. The topological polar surface area (TPSA) is 9.23 Å². The minimum atomic E-state index is 0.545. The van der Waals surface area contributed by atoms with Gasteiger partial charge < -0.3 is 4.74 Å². The molecule has 0 atom stereocenters. The van der Waals surface area contributed by atoms with Gasteiger partial charge in [0.05, 0.1) is 18.1 Å². The van der Waals surface area contributed by atoms with Crippen LogP contribution < -0.4 is 0 Å². The van der Waals surface area contributed by atoms with E-state index in [1.54, 1.807) is 0 Å². The lowest BCUT2D eigenvalue weighted by Gasteiger charge is -1.89. The van der Waals surface area contributed by atoms with Crippen LogP contribution in [0.25, 0.3) is 0 Å². The zero-order valence-corrected chi connectivity index (χ0v) is 6.34. The predicted molar refractivity (Wildman–Crippen MR) is 39.5 cm³/mol. The van der Waals surface area contributed by atoms with Crippen molar-refractivity contribution in [3.8, 4) is 0 Å². The maximum absolute atomic E-state index is 5.64. The zero-order chi connectivity index (χ0) is 6.69. The number of ether oxygens (including phenoxy) is 1. The van der Waals surface area contributed by atoms with Gasteiger partial charge >= 0.3 is 0 Å². The molecule has 1 rings (SSSR count). The number of hydrogen-bond donors (Lipinski definition) is 0. The Morgan fingerprint density at radius 3 is 3.00 bits per heavy atom. The van der Waals surface area contributed by atoms with E-state index in [0.717, 1.165) is 9.90 Å². The summed E-state index contributed by atoms with van der Waals surface area (Å²) < 4.78 is 5.43. The molecule has 0 saturated heterocycles. The molecule has 0 aliphatic heterocycles. The van der Waals surface area contributed by atoms with Gasteiger partial charge in [-0.15, -0.1) is 11.3 Å². The zero-order valence-electron chi connectivity index (χ0n) is 4.76. The molecule has 0 fully saturated rings. The van der Waals surface area contributed by atoms with Gasteiger partial charge in [-0.05, 0) is 17.0 Å². The third kappa shape index (κ3) is 1.97. The summed E-state index contributed by atoms with van der Waals surface area (Å²) in [5, 5.41) is 1.95. The summed E-state index contributed by atoms with van der Waals surface area (Å²) >= 11 is 7.14. The van der Waals surface area contributed by atoms with Crippen molar-refractivity contribution in [1.82, 2.24) is 0 Å². The summed E-state index contributed by atoms with van der Waals surface area (Å²) in [5.74, 6) is 0. The summed E-state index contributed by atoms with van der Waals surface area (Å²) in [5.41, 5.74) is 1.08. The fraction of sp³-hybridized carbons (Fsp3) is 0.167. The van der Waals surface area contributed by atoms with Crippen LogP contribution in [-0.4, -0.2) is 0 Å². The first-order valence-corrected chi connectivity index (χ1v) is 3.68. The van der Waals surface area contributed by atoms with Gasteiger partial charge in [0.15, 0.2) is 0 Å². The Morgan fingerprint density at radius 2 is 2.56 bits per heavy atom. The van der Waals surface area contributed by atoms with E-state index >= 15 is 0 Å². The van der Waals surface area contributed by atoms with Crippen LogP contribution in [0.4, 0.5) is 0 Å². The first kappa shape index (κ1) is 7.06. The fourth-order valence-corrected chi connectivity index (χ4v) is 1.43. The van der Waals surface area contributed by atoms with Crippen molar-refractivity contribution < 1.29 is 4.74 Å². The second-order valence-electron chi connectivity index (χ2n) is 1.61. The van der Waals surface area contributed by atoms with Gasteiger partial charge in [0.25, 0.3) is 0 Å². The van der Waals surface area contributed by atoms with Crippen LogP contribution in [0.2, 0.25) is 4.34 Å². The van der Waals surface area contributed by atoms with E-state index in [-0.39, 0.29) is 0 Å². The van der Waals surface area contributed by atoms with Gasteiger partial charge in [-0.25, -0.2) is 0 Å². The van der Waals surface area contributed by atoms with E-state index in [1.807, 2.05) is 11.4 Å². The molecule has 1 nitrogen and oxygen atoms in total. The predicted octanol–water partition coefficient (Wildman–Crippen LogP) is 2.71. The van der Waals surface area contributed by atoms with Gasteiger partial charge in [0, 0.05) is 0 Å². The molecule has 1 heterocycles. The maximum atomic E-state index is 5.64. The van der Waals surface area contributed by atoms with Crippen molar-refractivity contribution in [2.75, 3.05) is 0 Å². The highest BCUT2D eigenvalue weighted by atomic mass is 35.5.